The van der Waals surface area contributed by atoms with Gasteiger partial charge in [0.05, 0.1) is 23.7 Å². The number of imidazole rings is 1. The molecule has 4 rings (SSSR count). The molecular weight excluding hydrogens is 330 g/mol. The second-order valence-corrected chi connectivity index (χ2v) is 6.37. The van der Waals surface area contributed by atoms with Crippen LogP contribution in [0.3, 0.4) is 0 Å². The molecule has 1 aromatic heterocycles. The molecule has 2 aromatic carbocycles. The number of amides is 1. The molecule has 0 unspecified atom stereocenters. The summed E-state index contributed by atoms with van der Waals surface area (Å²) in [6.07, 6.45) is 0. The minimum absolute atomic E-state index is 0.223. The highest BCUT2D eigenvalue weighted by Gasteiger charge is 2.44. The van der Waals surface area contributed by atoms with Crippen molar-refractivity contribution in [2.45, 2.75) is 19.9 Å². The molecule has 1 amide bonds. The SMILES string of the molecule is CCOC(=O)[C@@H]1C(=O)Nc2nc3ccccc3n2[C@@H]1c1cccc(C)c1. The smallest absolute Gasteiger partial charge is 0.321 e. The molecule has 2 heterocycles. The Labute approximate surface area is 150 Å². The van der Waals surface area contributed by atoms with E-state index in [4.69, 9.17) is 4.74 Å². The summed E-state index contributed by atoms with van der Waals surface area (Å²) >= 11 is 0. The van der Waals surface area contributed by atoms with Gasteiger partial charge in [0, 0.05) is 0 Å². The molecule has 0 spiro atoms. The van der Waals surface area contributed by atoms with Crippen LogP contribution in [0.4, 0.5) is 5.95 Å². The van der Waals surface area contributed by atoms with Gasteiger partial charge in [0.2, 0.25) is 11.9 Å². The number of esters is 1. The molecular formula is C20H19N3O3. The third-order valence-corrected chi connectivity index (χ3v) is 4.63. The van der Waals surface area contributed by atoms with Crippen LogP contribution in [0.15, 0.2) is 48.5 Å². The van der Waals surface area contributed by atoms with Crippen LogP contribution < -0.4 is 5.32 Å². The van der Waals surface area contributed by atoms with Crippen LogP contribution in [-0.2, 0) is 14.3 Å². The number of aromatic nitrogens is 2. The van der Waals surface area contributed by atoms with Crippen molar-refractivity contribution >= 4 is 28.9 Å². The summed E-state index contributed by atoms with van der Waals surface area (Å²) in [6.45, 7) is 3.94. The summed E-state index contributed by atoms with van der Waals surface area (Å²) < 4.78 is 7.13. The first-order valence-electron chi connectivity index (χ1n) is 8.61. The van der Waals surface area contributed by atoms with E-state index >= 15 is 0 Å². The van der Waals surface area contributed by atoms with Gasteiger partial charge < -0.3 is 9.30 Å². The zero-order chi connectivity index (χ0) is 18.3. The van der Waals surface area contributed by atoms with E-state index in [9.17, 15) is 9.59 Å². The molecule has 1 aliphatic heterocycles. The minimum atomic E-state index is -0.971. The first-order valence-corrected chi connectivity index (χ1v) is 8.61. The van der Waals surface area contributed by atoms with Crippen LogP contribution in [0.25, 0.3) is 11.0 Å². The lowest BCUT2D eigenvalue weighted by Crippen LogP contribution is -2.43. The van der Waals surface area contributed by atoms with Crippen molar-refractivity contribution < 1.29 is 14.3 Å². The Morgan fingerprint density at radius 3 is 2.81 bits per heavy atom. The van der Waals surface area contributed by atoms with E-state index in [0.717, 1.165) is 22.2 Å². The Bertz CT molecular complexity index is 1010. The lowest BCUT2D eigenvalue weighted by molar-refractivity contribution is -0.152. The maximum atomic E-state index is 12.8. The largest absolute Gasteiger partial charge is 0.465 e. The summed E-state index contributed by atoms with van der Waals surface area (Å²) in [5, 5.41) is 2.77. The van der Waals surface area contributed by atoms with Gasteiger partial charge in [-0.25, -0.2) is 4.98 Å². The van der Waals surface area contributed by atoms with Crippen LogP contribution in [0.5, 0.6) is 0 Å². The van der Waals surface area contributed by atoms with E-state index in [0.29, 0.717) is 5.95 Å². The summed E-state index contributed by atoms with van der Waals surface area (Å²) in [6, 6.07) is 15.0. The van der Waals surface area contributed by atoms with Crippen molar-refractivity contribution in [3.05, 3.63) is 59.7 Å². The summed E-state index contributed by atoms with van der Waals surface area (Å²) in [4.78, 5) is 29.9. The average molecular weight is 349 g/mol. The molecule has 1 N–H and O–H groups in total. The zero-order valence-corrected chi connectivity index (χ0v) is 14.6. The van der Waals surface area contributed by atoms with Gasteiger partial charge in [0.15, 0.2) is 5.92 Å². The number of hydrogen-bond acceptors (Lipinski definition) is 4. The number of fused-ring (bicyclic) bond motifs is 3. The number of aryl methyl sites for hydroxylation is 1. The first kappa shape index (κ1) is 16.3. The predicted octanol–water partition coefficient (Wildman–Crippen LogP) is 3.07. The number of benzene rings is 2. The topological polar surface area (TPSA) is 73.2 Å². The van der Waals surface area contributed by atoms with Gasteiger partial charge in [-0.3, -0.25) is 14.9 Å². The maximum Gasteiger partial charge on any atom is 0.321 e. The number of nitrogens with one attached hydrogen (secondary N) is 1. The Morgan fingerprint density at radius 2 is 2.04 bits per heavy atom. The van der Waals surface area contributed by atoms with Crippen LogP contribution >= 0.6 is 0 Å². The van der Waals surface area contributed by atoms with Crippen LogP contribution in [0.2, 0.25) is 0 Å². The van der Waals surface area contributed by atoms with Crippen molar-refractivity contribution in [1.82, 2.24) is 9.55 Å². The number of nitrogens with zero attached hydrogens (tertiary/aromatic N) is 2. The molecule has 6 nitrogen and oxygen atoms in total. The number of carbonyl (C=O) groups is 2. The van der Waals surface area contributed by atoms with Gasteiger partial charge in [-0.1, -0.05) is 42.0 Å². The standard InChI is InChI=1S/C20H19N3O3/c1-3-26-19(25)16-17(13-8-6-7-12(2)11-13)23-15-10-5-4-9-14(15)21-20(23)22-18(16)24/h4-11,16-17H,3H2,1-2H3,(H,21,22,24)/t16-,17+/m0/s1. The number of ether oxygens (including phenoxy) is 1. The van der Waals surface area contributed by atoms with Crippen molar-refractivity contribution in [1.29, 1.82) is 0 Å². The monoisotopic (exact) mass is 349 g/mol. The molecule has 2 atom stereocenters. The molecule has 6 heteroatoms. The second-order valence-electron chi connectivity index (χ2n) is 6.37. The van der Waals surface area contributed by atoms with E-state index < -0.39 is 23.8 Å². The van der Waals surface area contributed by atoms with Gasteiger partial charge in [-0.05, 0) is 31.5 Å². The first-order chi connectivity index (χ1) is 12.6. The Kier molecular flexibility index (Phi) is 3.95. The van der Waals surface area contributed by atoms with Crippen molar-refractivity contribution in [2.24, 2.45) is 5.92 Å². The van der Waals surface area contributed by atoms with E-state index in [1.807, 2.05) is 60.0 Å². The fraction of sp³-hybridized carbons (Fsp3) is 0.250. The number of carbonyl (C=O) groups excluding carboxylic acids is 2. The van der Waals surface area contributed by atoms with Gasteiger partial charge in [0.25, 0.3) is 0 Å². The molecule has 0 aliphatic carbocycles. The average Bonchev–Trinajstić information content (AvgIpc) is 2.98. The zero-order valence-electron chi connectivity index (χ0n) is 14.6. The van der Waals surface area contributed by atoms with E-state index in [2.05, 4.69) is 10.3 Å². The Morgan fingerprint density at radius 1 is 1.23 bits per heavy atom. The summed E-state index contributed by atoms with van der Waals surface area (Å²) in [5.41, 5.74) is 3.57. The second kappa shape index (κ2) is 6.29. The molecule has 1 aliphatic rings. The predicted molar refractivity (Wildman–Crippen MR) is 97.8 cm³/mol. The molecule has 3 aromatic rings. The van der Waals surface area contributed by atoms with Gasteiger partial charge in [-0.15, -0.1) is 0 Å². The van der Waals surface area contributed by atoms with Gasteiger partial charge >= 0.3 is 5.97 Å². The van der Waals surface area contributed by atoms with Gasteiger partial charge in [-0.2, -0.15) is 0 Å². The molecule has 132 valence electrons. The fourth-order valence-electron chi connectivity index (χ4n) is 3.56. The number of anilines is 1. The van der Waals surface area contributed by atoms with E-state index in [1.54, 1.807) is 6.92 Å². The molecule has 0 fully saturated rings. The highest BCUT2D eigenvalue weighted by atomic mass is 16.5. The van der Waals surface area contributed by atoms with Crippen molar-refractivity contribution in [3.63, 3.8) is 0 Å². The molecule has 0 saturated carbocycles. The van der Waals surface area contributed by atoms with Crippen molar-refractivity contribution in [2.75, 3.05) is 11.9 Å². The lowest BCUT2D eigenvalue weighted by Gasteiger charge is -2.32. The summed E-state index contributed by atoms with van der Waals surface area (Å²) in [7, 11) is 0. The number of rotatable bonds is 3. The Hall–Kier alpha value is -3.15. The lowest BCUT2D eigenvalue weighted by atomic mass is 9.89. The van der Waals surface area contributed by atoms with Crippen LogP contribution in [0, 0.1) is 12.8 Å². The molecule has 0 saturated heterocycles. The highest BCUT2D eigenvalue weighted by Crippen LogP contribution is 2.38. The van der Waals surface area contributed by atoms with Crippen LogP contribution in [0.1, 0.15) is 24.1 Å². The normalized spacial score (nSPS) is 19.1. The van der Waals surface area contributed by atoms with Crippen LogP contribution in [-0.4, -0.2) is 28.0 Å². The number of hydrogen-bond donors (Lipinski definition) is 1. The summed E-state index contributed by atoms with van der Waals surface area (Å²) in [5.74, 6) is -1.44. The third-order valence-electron chi connectivity index (χ3n) is 4.63. The highest BCUT2D eigenvalue weighted by molar-refractivity contribution is 6.07. The molecule has 0 radical (unpaired) electrons. The van der Waals surface area contributed by atoms with Gasteiger partial charge in [0.1, 0.15) is 0 Å². The Balaban J connectivity index is 1.97. The molecule has 0 bridgehead atoms. The minimum Gasteiger partial charge on any atom is -0.465 e. The maximum absolute atomic E-state index is 12.8. The van der Waals surface area contributed by atoms with E-state index in [-0.39, 0.29) is 6.61 Å². The fourth-order valence-corrected chi connectivity index (χ4v) is 3.56. The van der Waals surface area contributed by atoms with Crippen molar-refractivity contribution in [3.8, 4) is 0 Å². The molecule has 26 heavy (non-hydrogen) atoms. The number of para-hydroxylation sites is 2. The quantitative estimate of drug-likeness (QED) is 0.583. The third kappa shape index (κ3) is 2.54. The van der Waals surface area contributed by atoms with E-state index in [1.165, 1.54) is 0 Å².